The lowest BCUT2D eigenvalue weighted by Gasteiger charge is -2.22. The molecule has 0 aliphatic rings. The maximum atomic E-state index is 13.1. The van der Waals surface area contributed by atoms with Crippen LogP contribution in [0.25, 0.3) is 0 Å². The number of rotatable bonds is 8. The van der Waals surface area contributed by atoms with Crippen molar-refractivity contribution in [2.45, 2.75) is 45.7 Å². The first kappa shape index (κ1) is 22.1. The van der Waals surface area contributed by atoms with E-state index in [1.165, 1.54) is 31.2 Å². The van der Waals surface area contributed by atoms with Crippen LogP contribution < -0.4 is 10.6 Å². The molecule has 0 aromatic heterocycles. The Morgan fingerprint density at radius 1 is 0.931 bits per heavy atom. The largest absolute Gasteiger partial charge is 0.480 e. The van der Waals surface area contributed by atoms with Crippen LogP contribution in [0, 0.1) is 19.7 Å². The monoisotopic (exact) mass is 400 g/mol. The average molecular weight is 400 g/mol. The number of hydrogen-bond acceptors (Lipinski definition) is 3. The minimum atomic E-state index is -1.16. The molecule has 7 heteroatoms. The number of aliphatic carboxylic acids is 1. The number of carboxylic acid groups (broad SMARTS) is 1. The number of carboxylic acids is 1. The highest BCUT2D eigenvalue weighted by Gasteiger charge is 2.27. The van der Waals surface area contributed by atoms with Gasteiger partial charge in [-0.3, -0.25) is 9.59 Å². The molecule has 2 aromatic carbocycles. The van der Waals surface area contributed by atoms with Crippen molar-refractivity contribution in [2.24, 2.45) is 0 Å². The molecule has 0 saturated heterocycles. The highest BCUT2D eigenvalue weighted by Crippen LogP contribution is 2.16. The van der Waals surface area contributed by atoms with Crippen LogP contribution in [0.5, 0.6) is 0 Å². The number of carbonyl (C=O) groups excluding carboxylic acids is 2. The highest BCUT2D eigenvalue weighted by molar-refractivity contribution is 5.90. The molecule has 29 heavy (non-hydrogen) atoms. The maximum absolute atomic E-state index is 13.1. The molecule has 2 rings (SSSR count). The molecule has 0 bridgehead atoms. The lowest BCUT2D eigenvalue weighted by atomic mass is 9.96. The highest BCUT2D eigenvalue weighted by atomic mass is 19.1. The predicted molar refractivity (Wildman–Crippen MR) is 107 cm³/mol. The molecule has 0 unspecified atom stereocenters. The molecule has 0 saturated carbocycles. The van der Waals surface area contributed by atoms with Crippen LogP contribution in [-0.2, 0) is 27.2 Å². The average Bonchev–Trinajstić information content (AvgIpc) is 2.64. The second kappa shape index (κ2) is 9.82. The predicted octanol–water partition coefficient (Wildman–Crippen LogP) is 2.30. The van der Waals surface area contributed by atoms with Crippen LogP contribution in [0.4, 0.5) is 4.39 Å². The van der Waals surface area contributed by atoms with Gasteiger partial charge in [0.15, 0.2) is 0 Å². The molecule has 0 aliphatic heterocycles. The van der Waals surface area contributed by atoms with Crippen molar-refractivity contribution < 1.29 is 23.9 Å². The van der Waals surface area contributed by atoms with Gasteiger partial charge in [-0.1, -0.05) is 30.3 Å². The van der Waals surface area contributed by atoms with E-state index in [0.717, 1.165) is 16.7 Å². The Hall–Kier alpha value is -3.22. The molecule has 0 radical (unpaired) electrons. The molecule has 2 aromatic rings. The van der Waals surface area contributed by atoms with Gasteiger partial charge in [0, 0.05) is 19.8 Å². The molecule has 0 spiro atoms. The fourth-order valence-electron chi connectivity index (χ4n) is 3.16. The Labute approximate surface area is 169 Å². The van der Waals surface area contributed by atoms with Crippen molar-refractivity contribution in [1.82, 2.24) is 10.6 Å². The quantitative estimate of drug-likeness (QED) is 0.634. The van der Waals surface area contributed by atoms with Crippen molar-refractivity contribution in [2.75, 3.05) is 0 Å². The third-order valence-corrected chi connectivity index (χ3v) is 4.71. The van der Waals surface area contributed by atoms with Gasteiger partial charge in [-0.2, -0.15) is 0 Å². The molecule has 2 amide bonds. The third kappa shape index (κ3) is 6.41. The third-order valence-electron chi connectivity index (χ3n) is 4.71. The summed E-state index contributed by atoms with van der Waals surface area (Å²) < 4.78 is 13.1. The summed E-state index contributed by atoms with van der Waals surface area (Å²) in [6, 6.07) is 9.10. The molecule has 3 N–H and O–H groups in total. The van der Waals surface area contributed by atoms with E-state index in [1.54, 1.807) is 0 Å². The van der Waals surface area contributed by atoms with Crippen LogP contribution in [0.15, 0.2) is 42.5 Å². The number of carbonyl (C=O) groups is 3. The summed E-state index contributed by atoms with van der Waals surface area (Å²) in [5, 5.41) is 14.7. The first-order valence-electron chi connectivity index (χ1n) is 9.27. The normalized spacial score (nSPS) is 12.7. The van der Waals surface area contributed by atoms with E-state index in [1.807, 2.05) is 32.0 Å². The fourth-order valence-corrected chi connectivity index (χ4v) is 3.16. The Kier molecular flexibility index (Phi) is 7.47. The Balaban J connectivity index is 2.18. The molecule has 154 valence electrons. The van der Waals surface area contributed by atoms with Gasteiger partial charge in [-0.25, -0.2) is 9.18 Å². The van der Waals surface area contributed by atoms with E-state index in [0.29, 0.717) is 5.56 Å². The maximum Gasteiger partial charge on any atom is 0.326 e. The van der Waals surface area contributed by atoms with Gasteiger partial charge in [0.1, 0.15) is 17.9 Å². The summed E-state index contributed by atoms with van der Waals surface area (Å²) in [5.41, 5.74) is 3.38. The van der Waals surface area contributed by atoms with Crippen LogP contribution in [0.2, 0.25) is 0 Å². The van der Waals surface area contributed by atoms with E-state index in [2.05, 4.69) is 10.6 Å². The van der Waals surface area contributed by atoms with Gasteiger partial charge < -0.3 is 15.7 Å². The minimum absolute atomic E-state index is 0.113. The molecular formula is C22H25FN2O4. The summed E-state index contributed by atoms with van der Waals surface area (Å²) >= 11 is 0. The molecule has 6 nitrogen and oxygen atoms in total. The number of aryl methyl sites for hydroxylation is 2. The lowest BCUT2D eigenvalue weighted by molar-refractivity contribution is -0.142. The van der Waals surface area contributed by atoms with Crippen LogP contribution in [0.1, 0.15) is 29.2 Å². The number of halogens is 1. The molecule has 2 atom stereocenters. The number of amides is 2. The van der Waals surface area contributed by atoms with E-state index in [4.69, 9.17) is 0 Å². The zero-order chi connectivity index (χ0) is 21.6. The van der Waals surface area contributed by atoms with Crippen molar-refractivity contribution in [1.29, 1.82) is 0 Å². The van der Waals surface area contributed by atoms with Crippen molar-refractivity contribution in [3.8, 4) is 0 Å². The van der Waals surface area contributed by atoms with Gasteiger partial charge in [-0.05, 0) is 48.2 Å². The van der Waals surface area contributed by atoms with Gasteiger partial charge in [0.2, 0.25) is 11.8 Å². The first-order valence-corrected chi connectivity index (χ1v) is 9.27. The molecule has 0 heterocycles. The zero-order valence-corrected chi connectivity index (χ0v) is 16.7. The van der Waals surface area contributed by atoms with E-state index >= 15 is 0 Å². The molecule has 0 fully saturated rings. The van der Waals surface area contributed by atoms with Crippen molar-refractivity contribution in [3.05, 3.63) is 70.5 Å². The summed E-state index contributed by atoms with van der Waals surface area (Å²) in [6.45, 7) is 5.05. The summed E-state index contributed by atoms with van der Waals surface area (Å²) in [7, 11) is 0. The standard InChI is InChI=1S/C22H25FN2O4/c1-13-5-4-6-14(2)18(13)12-20(22(28)29)25-21(27)19(24-15(3)26)11-16-7-9-17(23)10-8-16/h4-10,19-20H,11-12H2,1-3H3,(H,24,26)(H,25,27)(H,28,29)/t19-,20-/m1/s1. The number of hydrogen-bond donors (Lipinski definition) is 3. The van der Waals surface area contributed by atoms with E-state index in [9.17, 15) is 23.9 Å². The fraction of sp³-hybridized carbons (Fsp3) is 0.318. The smallest absolute Gasteiger partial charge is 0.326 e. The Morgan fingerprint density at radius 3 is 2.03 bits per heavy atom. The SMILES string of the molecule is CC(=O)N[C@H](Cc1ccc(F)cc1)C(=O)N[C@H](Cc1c(C)cccc1C)C(=O)O. The van der Waals surface area contributed by atoms with E-state index in [-0.39, 0.29) is 12.8 Å². The second-order valence-electron chi connectivity index (χ2n) is 7.06. The Bertz CT molecular complexity index is 876. The topological polar surface area (TPSA) is 95.5 Å². The van der Waals surface area contributed by atoms with Crippen LogP contribution in [0.3, 0.4) is 0 Å². The Morgan fingerprint density at radius 2 is 1.52 bits per heavy atom. The summed E-state index contributed by atoms with van der Waals surface area (Å²) in [6.07, 6.45) is 0.240. The van der Waals surface area contributed by atoms with Gasteiger partial charge in [0.25, 0.3) is 0 Å². The van der Waals surface area contributed by atoms with Crippen LogP contribution >= 0.6 is 0 Å². The summed E-state index contributed by atoms with van der Waals surface area (Å²) in [5.74, 6) is -2.60. The summed E-state index contributed by atoms with van der Waals surface area (Å²) in [4.78, 5) is 36.1. The molecular weight excluding hydrogens is 375 g/mol. The number of benzene rings is 2. The van der Waals surface area contributed by atoms with Gasteiger partial charge in [-0.15, -0.1) is 0 Å². The van der Waals surface area contributed by atoms with Gasteiger partial charge >= 0.3 is 5.97 Å². The zero-order valence-electron chi connectivity index (χ0n) is 16.7. The lowest BCUT2D eigenvalue weighted by Crippen LogP contribution is -2.52. The minimum Gasteiger partial charge on any atom is -0.480 e. The van der Waals surface area contributed by atoms with E-state index < -0.39 is 35.7 Å². The van der Waals surface area contributed by atoms with Crippen molar-refractivity contribution in [3.63, 3.8) is 0 Å². The van der Waals surface area contributed by atoms with Crippen LogP contribution in [-0.4, -0.2) is 35.0 Å². The molecule has 0 aliphatic carbocycles. The van der Waals surface area contributed by atoms with Gasteiger partial charge in [0.05, 0.1) is 0 Å². The first-order chi connectivity index (χ1) is 13.7. The van der Waals surface area contributed by atoms with Crippen molar-refractivity contribution >= 4 is 17.8 Å². The second-order valence-corrected chi connectivity index (χ2v) is 7.06. The number of nitrogens with one attached hydrogen (secondary N) is 2.